The Morgan fingerprint density at radius 2 is 2.19 bits per heavy atom. The molecule has 0 spiro atoms. The minimum atomic E-state index is -0.429. The number of hydrogen-bond acceptors (Lipinski definition) is 4. The number of hydrogen-bond donors (Lipinski definition) is 1. The zero-order valence-electron chi connectivity index (χ0n) is 10.5. The maximum Gasteiger partial charge on any atom is 0.326 e. The van der Waals surface area contributed by atoms with Gasteiger partial charge < -0.3 is 9.64 Å². The molecule has 1 aliphatic carbocycles. The largest absolute Gasteiger partial charge is 0.468 e. The molecule has 1 heterocycles. The van der Waals surface area contributed by atoms with Gasteiger partial charge in [0.15, 0.2) is 0 Å². The van der Waals surface area contributed by atoms with E-state index in [2.05, 4.69) is 24.2 Å². The minimum absolute atomic E-state index is 0.0839. The van der Waals surface area contributed by atoms with Crippen molar-refractivity contribution < 1.29 is 9.53 Å². The first-order chi connectivity index (χ1) is 7.57. The Labute approximate surface area is 97.3 Å². The van der Waals surface area contributed by atoms with Gasteiger partial charge in [0, 0.05) is 18.6 Å². The number of carbonyl (C=O) groups is 1. The van der Waals surface area contributed by atoms with Gasteiger partial charge in [-0.15, -0.1) is 0 Å². The van der Waals surface area contributed by atoms with Crippen LogP contribution in [-0.4, -0.2) is 49.2 Å². The summed E-state index contributed by atoms with van der Waals surface area (Å²) in [6.07, 6.45) is 4.11. The van der Waals surface area contributed by atoms with Crippen LogP contribution in [0.2, 0.25) is 0 Å². The molecule has 4 nitrogen and oxygen atoms in total. The van der Waals surface area contributed by atoms with E-state index in [0.29, 0.717) is 12.1 Å². The fraction of sp³-hybridized carbons (Fsp3) is 0.917. The first-order valence-electron chi connectivity index (χ1n) is 6.14. The van der Waals surface area contributed by atoms with Gasteiger partial charge in [-0.05, 0) is 39.7 Å². The first kappa shape index (κ1) is 11.9. The van der Waals surface area contributed by atoms with Crippen molar-refractivity contribution in [2.24, 2.45) is 0 Å². The molecule has 2 atom stereocenters. The topological polar surface area (TPSA) is 41.6 Å². The Morgan fingerprint density at radius 3 is 2.69 bits per heavy atom. The number of esters is 1. The summed E-state index contributed by atoms with van der Waals surface area (Å²) in [4.78, 5) is 14.3. The summed E-state index contributed by atoms with van der Waals surface area (Å²) in [5, 5.41) is 3.51. The second-order valence-corrected chi connectivity index (χ2v) is 5.28. The molecule has 16 heavy (non-hydrogen) atoms. The number of carbonyl (C=O) groups excluding carboxylic acids is 1. The third-order valence-corrected chi connectivity index (χ3v) is 3.92. The highest BCUT2D eigenvalue weighted by atomic mass is 16.5. The van der Waals surface area contributed by atoms with E-state index in [9.17, 15) is 4.79 Å². The van der Waals surface area contributed by atoms with E-state index in [4.69, 9.17) is 4.74 Å². The average molecular weight is 226 g/mol. The highest BCUT2D eigenvalue weighted by molar-refractivity contribution is 5.81. The molecule has 1 N–H and O–H groups in total. The van der Waals surface area contributed by atoms with Gasteiger partial charge in [0.05, 0.1) is 7.11 Å². The summed E-state index contributed by atoms with van der Waals surface area (Å²) in [5.41, 5.74) is -0.429. The predicted molar refractivity (Wildman–Crippen MR) is 62.2 cm³/mol. The van der Waals surface area contributed by atoms with Crippen molar-refractivity contribution in [2.45, 2.75) is 50.2 Å². The number of rotatable bonds is 3. The minimum Gasteiger partial charge on any atom is -0.468 e. The molecule has 0 aromatic rings. The van der Waals surface area contributed by atoms with Crippen molar-refractivity contribution in [1.82, 2.24) is 10.2 Å². The maximum absolute atomic E-state index is 12.0. The van der Waals surface area contributed by atoms with E-state index in [1.54, 1.807) is 0 Å². The van der Waals surface area contributed by atoms with Crippen molar-refractivity contribution in [2.75, 3.05) is 20.7 Å². The summed E-state index contributed by atoms with van der Waals surface area (Å²) in [7, 11) is 3.60. The Hall–Kier alpha value is -0.610. The van der Waals surface area contributed by atoms with Crippen LogP contribution < -0.4 is 5.32 Å². The Balaban J connectivity index is 2.10. The van der Waals surface area contributed by atoms with Gasteiger partial charge in [-0.25, -0.2) is 0 Å². The van der Waals surface area contributed by atoms with Crippen molar-refractivity contribution in [3.05, 3.63) is 0 Å². The average Bonchev–Trinajstić information content (AvgIpc) is 3.06. The highest BCUT2D eigenvalue weighted by Gasteiger charge is 2.46. The van der Waals surface area contributed by atoms with Crippen LogP contribution in [0.4, 0.5) is 0 Å². The van der Waals surface area contributed by atoms with Crippen LogP contribution in [0.5, 0.6) is 0 Å². The standard InChI is InChI=1S/C12H22N2O2/c1-9-8-12(11(15)16-3,6-7-14(9)2)13-10-4-5-10/h9-10,13H,4-8H2,1-3H3. The SMILES string of the molecule is COC(=O)C1(NC2CC2)CCN(C)C(C)C1. The van der Waals surface area contributed by atoms with E-state index in [0.717, 1.165) is 19.4 Å². The lowest BCUT2D eigenvalue weighted by atomic mass is 9.83. The fourth-order valence-corrected chi connectivity index (χ4v) is 2.54. The number of nitrogens with one attached hydrogen (secondary N) is 1. The molecule has 0 amide bonds. The molecule has 2 aliphatic rings. The number of nitrogens with zero attached hydrogens (tertiary/aromatic N) is 1. The van der Waals surface area contributed by atoms with E-state index in [1.165, 1.54) is 20.0 Å². The zero-order valence-corrected chi connectivity index (χ0v) is 10.5. The summed E-state index contributed by atoms with van der Waals surface area (Å²) in [5.74, 6) is -0.0839. The summed E-state index contributed by atoms with van der Waals surface area (Å²) in [6, 6.07) is 0.966. The number of likely N-dealkylation sites (tertiary alicyclic amines) is 1. The van der Waals surface area contributed by atoms with Crippen molar-refractivity contribution in [3.8, 4) is 0 Å². The molecule has 1 aliphatic heterocycles. The van der Waals surface area contributed by atoms with Gasteiger partial charge in [0.1, 0.15) is 5.54 Å². The molecule has 1 saturated carbocycles. The Kier molecular flexibility index (Phi) is 3.22. The number of ether oxygens (including phenoxy) is 1. The second kappa shape index (κ2) is 4.34. The zero-order chi connectivity index (χ0) is 11.8. The molecule has 0 aromatic carbocycles. The van der Waals surface area contributed by atoms with Crippen LogP contribution in [0.15, 0.2) is 0 Å². The molecule has 0 radical (unpaired) electrons. The van der Waals surface area contributed by atoms with Crippen molar-refractivity contribution in [1.29, 1.82) is 0 Å². The van der Waals surface area contributed by atoms with Crippen molar-refractivity contribution >= 4 is 5.97 Å². The van der Waals surface area contributed by atoms with Gasteiger partial charge in [-0.1, -0.05) is 0 Å². The molecule has 2 unspecified atom stereocenters. The summed E-state index contributed by atoms with van der Waals surface area (Å²) < 4.78 is 4.99. The van der Waals surface area contributed by atoms with Gasteiger partial charge in [0.25, 0.3) is 0 Å². The molecule has 2 fully saturated rings. The van der Waals surface area contributed by atoms with Crippen LogP contribution in [-0.2, 0) is 9.53 Å². The third-order valence-electron chi connectivity index (χ3n) is 3.92. The second-order valence-electron chi connectivity index (χ2n) is 5.28. The summed E-state index contributed by atoms with van der Waals surface area (Å²) in [6.45, 7) is 3.13. The van der Waals surface area contributed by atoms with Crippen LogP contribution in [0.3, 0.4) is 0 Å². The molecule has 1 saturated heterocycles. The molecular formula is C12H22N2O2. The number of methoxy groups -OCH3 is 1. The van der Waals surface area contributed by atoms with Gasteiger partial charge in [0.2, 0.25) is 0 Å². The summed E-state index contributed by atoms with van der Waals surface area (Å²) >= 11 is 0. The molecule has 0 aromatic heterocycles. The first-order valence-corrected chi connectivity index (χ1v) is 6.14. The van der Waals surface area contributed by atoms with E-state index in [-0.39, 0.29) is 5.97 Å². The van der Waals surface area contributed by atoms with E-state index in [1.807, 2.05) is 0 Å². The van der Waals surface area contributed by atoms with Crippen LogP contribution >= 0.6 is 0 Å². The van der Waals surface area contributed by atoms with Gasteiger partial charge in [-0.3, -0.25) is 10.1 Å². The van der Waals surface area contributed by atoms with Gasteiger partial charge in [-0.2, -0.15) is 0 Å². The van der Waals surface area contributed by atoms with Gasteiger partial charge >= 0.3 is 5.97 Å². The third kappa shape index (κ3) is 2.23. The predicted octanol–water partition coefficient (Wildman–Crippen LogP) is 0.764. The lowest BCUT2D eigenvalue weighted by Gasteiger charge is -2.43. The molecular weight excluding hydrogens is 204 g/mol. The van der Waals surface area contributed by atoms with Crippen LogP contribution in [0, 0.1) is 0 Å². The van der Waals surface area contributed by atoms with Crippen LogP contribution in [0.1, 0.15) is 32.6 Å². The van der Waals surface area contributed by atoms with E-state index >= 15 is 0 Å². The van der Waals surface area contributed by atoms with E-state index < -0.39 is 5.54 Å². The fourth-order valence-electron chi connectivity index (χ4n) is 2.54. The van der Waals surface area contributed by atoms with Crippen LogP contribution in [0.25, 0.3) is 0 Å². The molecule has 92 valence electrons. The monoisotopic (exact) mass is 226 g/mol. The number of piperidine rings is 1. The quantitative estimate of drug-likeness (QED) is 0.722. The highest BCUT2D eigenvalue weighted by Crippen LogP contribution is 2.32. The molecule has 0 bridgehead atoms. The lowest BCUT2D eigenvalue weighted by Crippen LogP contribution is -2.61. The lowest BCUT2D eigenvalue weighted by molar-refractivity contribution is -0.151. The Morgan fingerprint density at radius 1 is 1.50 bits per heavy atom. The maximum atomic E-state index is 12.0. The molecule has 2 rings (SSSR count). The van der Waals surface area contributed by atoms with Crippen molar-refractivity contribution in [3.63, 3.8) is 0 Å². The molecule has 4 heteroatoms. The smallest absolute Gasteiger partial charge is 0.326 e. The Bertz CT molecular complexity index is 278. The normalized spacial score (nSPS) is 36.1.